The number of nitrogens with one attached hydrogen (secondary N) is 1. The van der Waals surface area contributed by atoms with Gasteiger partial charge in [-0.3, -0.25) is 10.1 Å². The number of hydrogen-bond acceptors (Lipinski definition) is 4. The predicted octanol–water partition coefficient (Wildman–Crippen LogP) is 6.09. The van der Waals surface area contributed by atoms with Gasteiger partial charge >= 0.3 is 0 Å². The Kier molecular flexibility index (Phi) is 6.16. The van der Waals surface area contributed by atoms with Gasteiger partial charge in [-0.1, -0.05) is 41.4 Å². The zero-order chi connectivity index (χ0) is 19.2. The number of ether oxygens (including phenoxy) is 1. The topological polar surface area (TPSA) is 64.4 Å². The van der Waals surface area contributed by atoms with Crippen molar-refractivity contribution < 1.29 is 9.66 Å². The second-order valence-corrected chi connectivity index (χ2v) is 6.64. The quantitative estimate of drug-likeness (QED) is 0.383. The fourth-order valence-corrected chi connectivity index (χ4v) is 2.96. The highest BCUT2D eigenvalue weighted by atomic mass is 35.5. The Morgan fingerprint density at radius 1 is 1.00 bits per heavy atom. The predicted molar refractivity (Wildman–Crippen MR) is 108 cm³/mol. The molecule has 5 nitrogen and oxygen atoms in total. The van der Waals surface area contributed by atoms with Crippen LogP contribution in [0.15, 0.2) is 66.7 Å². The van der Waals surface area contributed by atoms with Crippen LogP contribution in [0.1, 0.15) is 11.1 Å². The normalized spacial score (nSPS) is 10.4. The summed E-state index contributed by atoms with van der Waals surface area (Å²) in [4.78, 5) is 10.3. The van der Waals surface area contributed by atoms with Crippen LogP contribution in [0, 0.1) is 10.1 Å². The van der Waals surface area contributed by atoms with Crippen LogP contribution in [0.2, 0.25) is 10.0 Å². The fraction of sp³-hybridized carbons (Fsp3) is 0.100. The lowest BCUT2D eigenvalue weighted by molar-refractivity contribution is -0.384. The van der Waals surface area contributed by atoms with Crippen molar-refractivity contribution in [3.05, 3.63) is 98.0 Å². The van der Waals surface area contributed by atoms with E-state index in [1.165, 1.54) is 12.1 Å². The molecule has 1 N–H and O–H groups in total. The Balaban J connectivity index is 1.65. The number of para-hydroxylation sites is 1. The maximum atomic E-state index is 10.7. The molecule has 0 fully saturated rings. The van der Waals surface area contributed by atoms with E-state index >= 15 is 0 Å². The van der Waals surface area contributed by atoms with Gasteiger partial charge in [-0.05, 0) is 42.0 Å². The van der Waals surface area contributed by atoms with Crippen molar-refractivity contribution in [1.82, 2.24) is 0 Å². The molecule has 3 rings (SSSR count). The smallest absolute Gasteiger partial charge is 0.269 e. The van der Waals surface area contributed by atoms with E-state index in [-0.39, 0.29) is 5.69 Å². The second kappa shape index (κ2) is 8.75. The van der Waals surface area contributed by atoms with Gasteiger partial charge in [-0.25, -0.2) is 0 Å². The third kappa shape index (κ3) is 5.12. The molecule has 0 unspecified atom stereocenters. The van der Waals surface area contributed by atoms with E-state index < -0.39 is 4.92 Å². The average Bonchev–Trinajstić information content (AvgIpc) is 2.66. The van der Waals surface area contributed by atoms with Crippen LogP contribution in [-0.4, -0.2) is 4.92 Å². The van der Waals surface area contributed by atoms with Crippen molar-refractivity contribution in [3.63, 3.8) is 0 Å². The Bertz CT molecular complexity index is 946. The van der Waals surface area contributed by atoms with Crippen LogP contribution < -0.4 is 10.1 Å². The molecule has 0 atom stereocenters. The lowest BCUT2D eigenvalue weighted by atomic mass is 10.2. The number of hydrogen-bond donors (Lipinski definition) is 1. The van der Waals surface area contributed by atoms with Gasteiger partial charge in [0.25, 0.3) is 5.69 Å². The highest BCUT2D eigenvalue weighted by Crippen LogP contribution is 2.27. The summed E-state index contributed by atoms with van der Waals surface area (Å²) in [7, 11) is 0. The summed E-state index contributed by atoms with van der Waals surface area (Å²) >= 11 is 12.1. The van der Waals surface area contributed by atoms with Gasteiger partial charge in [0.05, 0.1) is 15.6 Å². The largest absolute Gasteiger partial charge is 0.489 e. The summed E-state index contributed by atoms with van der Waals surface area (Å²) in [5.74, 6) is 0.730. The van der Waals surface area contributed by atoms with Crippen LogP contribution >= 0.6 is 23.2 Å². The highest BCUT2D eigenvalue weighted by Gasteiger charge is 2.07. The molecule has 0 radical (unpaired) electrons. The average molecular weight is 403 g/mol. The number of halogens is 2. The molecule has 0 aliphatic rings. The first-order valence-electron chi connectivity index (χ1n) is 8.16. The highest BCUT2D eigenvalue weighted by molar-refractivity contribution is 6.36. The summed E-state index contributed by atoms with van der Waals surface area (Å²) < 4.78 is 5.90. The number of anilines is 1. The Labute approximate surface area is 166 Å². The van der Waals surface area contributed by atoms with E-state index in [0.29, 0.717) is 23.2 Å². The molecule has 0 amide bonds. The Morgan fingerprint density at radius 2 is 1.74 bits per heavy atom. The number of nitro groups is 1. The molecule has 0 heterocycles. The van der Waals surface area contributed by atoms with Gasteiger partial charge in [-0.2, -0.15) is 0 Å². The Hall–Kier alpha value is -2.76. The number of nitro benzene ring substituents is 1. The van der Waals surface area contributed by atoms with Crippen LogP contribution in [-0.2, 0) is 13.2 Å². The van der Waals surface area contributed by atoms with Crippen LogP contribution in [0.25, 0.3) is 0 Å². The zero-order valence-electron chi connectivity index (χ0n) is 14.2. The molecule has 3 aromatic carbocycles. The monoisotopic (exact) mass is 402 g/mol. The van der Waals surface area contributed by atoms with Crippen molar-refractivity contribution in [2.24, 2.45) is 0 Å². The summed E-state index contributed by atoms with van der Waals surface area (Å²) in [5, 5.41) is 15.1. The third-order valence-corrected chi connectivity index (χ3v) is 4.46. The molecular weight excluding hydrogens is 387 g/mol. The van der Waals surface area contributed by atoms with Gasteiger partial charge in [-0.15, -0.1) is 0 Å². The lowest BCUT2D eigenvalue weighted by Crippen LogP contribution is -2.04. The molecular formula is C20H16Cl2N2O3. The second-order valence-electron chi connectivity index (χ2n) is 5.80. The van der Waals surface area contributed by atoms with Crippen LogP contribution in [0.3, 0.4) is 0 Å². The van der Waals surface area contributed by atoms with Gasteiger partial charge in [0, 0.05) is 29.3 Å². The SMILES string of the molecule is O=[N+]([O-])c1ccc(COc2ccccc2CNc2ccc(Cl)cc2Cl)cc1. The van der Waals surface area contributed by atoms with Gasteiger partial charge in [0.1, 0.15) is 12.4 Å². The number of benzene rings is 3. The maximum Gasteiger partial charge on any atom is 0.269 e. The molecule has 0 aromatic heterocycles. The van der Waals surface area contributed by atoms with Gasteiger partial charge < -0.3 is 10.1 Å². The van der Waals surface area contributed by atoms with Crippen molar-refractivity contribution in [3.8, 4) is 5.75 Å². The van der Waals surface area contributed by atoms with E-state index in [9.17, 15) is 10.1 Å². The summed E-state index contributed by atoms with van der Waals surface area (Å²) in [6.07, 6.45) is 0. The van der Waals surface area contributed by atoms with Crippen molar-refractivity contribution in [2.75, 3.05) is 5.32 Å². The Morgan fingerprint density at radius 3 is 2.44 bits per heavy atom. The van der Waals surface area contributed by atoms with Gasteiger partial charge in [0.2, 0.25) is 0 Å². The molecule has 3 aromatic rings. The van der Waals surface area contributed by atoms with Crippen LogP contribution in [0.4, 0.5) is 11.4 Å². The summed E-state index contributed by atoms with van der Waals surface area (Å²) in [5.41, 5.74) is 2.66. The molecule has 0 spiro atoms. The molecule has 0 saturated carbocycles. The van der Waals surface area contributed by atoms with Crippen molar-refractivity contribution in [1.29, 1.82) is 0 Å². The summed E-state index contributed by atoms with van der Waals surface area (Å²) in [6, 6.07) is 19.2. The van der Waals surface area contributed by atoms with Crippen LogP contribution in [0.5, 0.6) is 5.75 Å². The molecule has 27 heavy (non-hydrogen) atoms. The van der Waals surface area contributed by atoms with E-state index in [0.717, 1.165) is 22.6 Å². The number of non-ortho nitro benzene ring substituents is 1. The zero-order valence-corrected chi connectivity index (χ0v) is 15.7. The maximum absolute atomic E-state index is 10.7. The fourth-order valence-electron chi connectivity index (χ4n) is 2.49. The number of nitrogens with zero attached hydrogens (tertiary/aromatic N) is 1. The van der Waals surface area contributed by atoms with E-state index in [4.69, 9.17) is 27.9 Å². The first kappa shape index (κ1) is 19.0. The lowest BCUT2D eigenvalue weighted by Gasteiger charge is -2.14. The standard InChI is InChI=1S/C20H16Cl2N2O3/c21-16-7-10-19(18(22)11-16)23-12-15-3-1-2-4-20(15)27-13-14-5-8-17(9-6-14)24(25)26/h1-11,23H,12-13H2. The van der Waals surface area contributed by atoms with Gasteiger partial charge in [0.15, 0.2) is 0 Å². The molecule has 0 aliphatic carbocycles. The van der Waals surface area contributed by atoms with E-state index in [2.05, 4.69) is 5.32 Å². The number of rotatable bonds is 7. The van der Waals surface area contributed by atoms with E-state index in [1.807, 2.05) is 30.3 Å². The third-order valence-electron chi connectivity index (χ3n) is 3.91. The first-order valence-corrected chi connectivity index (χ1v) is 8.91. The molecule has 0 aliphatic heterocycles. The van der Waals surface area contributed by atoms with Crippen molar-refractivity contribution in [2.45, 2.75) is 13.2 Å². The minimum Gasteiger partial charge on any atom is -0.489 e. The van der Waals surface area contributed by atoms with Crippen molar-refractivity contribution >= 4 is 34.6 Å². The minimum absolute atomic E-state index is 0.0585. The molecule has 138 valence electrons. The van der Waals surface area contributed by atoms with E-state index in [1.54, 1.807) is 24.3 Å². The molecule has 0 saturated heterocycles. The first-order chi connectivity index (χ1) is 13.0. The minimum atomic E-state index is -0.423. The molecule has 7 heteroatoms. The summed E-state index contributed by atoms with van der Waals surface area (Å²) in [6.45, 7) is 0.842. The molecule has 0 bridgehead atoms.